The van der Waals surface area contributed by atoms with E-state index in [2.05, 4.69) is 32.9 Å². The minimum absolute atomic E-state index is 0.0285. The van der Waals surface area contributed by atoms with Gasteiger partial charge in [0, 0.05) is 4.75 Å². The first-order valence-electron chi connectivity index (χ1n) is 6.29. The second kappa shape index (κ2) is 4.24. The molecular formula is C15H22OS. The summed E-state index contributed by atoms with van der Waals surface area (Å²) in [5.41, 5.74) is 1.56. The second-order valence-electron chi connectivity index (χ2n) is 5.82. The highest BCUT2D eigenvalue weighted by Gasteiger charge is 2.51. The van der Waals surface area contributed by atoms with E-state index in [0.29, 0.717) is 5.92 Å². The van der Waals surface area contributed by atoms with Gasteiger partial charge in [0.25, 0.3) is 0 Å². The molecule has 0 saturated heterocycles. The Hall–Kier alpha value is -0.630. The second-order valence-corrected chi connectivity index (χ2v) is 6.52. The average molecular weight is 250 g/mol. The van der Waals surface area contributed by atoms with Crippen molar-refractivity contribution in [2.45, 2.75) is 38.4 Å². The van der Waals surface area contributed by atoms with Gasteiger partial charge in [0.05, 0.1) is 7.11 Å². The Kier molecular flexibility index (Phi) is 3.19. The fourth-order valence-corrected chi connectivity index (χ4v) is 3.55. The molecule has 2 heteroatoms. The lowest BCUT2D eigenvalue weighted by Gasteiger charge is -2.41. The molecule has 0 heterocycles. The molecule has 0 spiro atoms. The van der Waals surface area contributed by atoms with E-state index in [0.717, 1.165) is 5.75 Å². The molecule has 1 aliphatic rings. The van der Waals surface area contributed by atoms with Crippen molar-refractivity contribution >= 4 is 12.6 Å². The maximum Gasteiger partial charge on any atom is 0.118 e. The van der Waals surface area contributed by atoms with Crippen molar-refractivity contribution in [3.05, 3.63) is 29.8 Å². The monoisotopic (exact) mass is 250 g/mol. The molecule has 2 rings (SSSR count). The number of hydrogen-bond acceptors (Lipinski definition) is 2. The molecule has 0 N–H and O–H groups in total. The lowest BCUT2D eigenvalue weighted by Crippen LogP contribution is -2.36. The normalized spacial score (nSPS) is 31.5. The molecule has 0 aliphatic heterocycles. The SMILES string of the molecule is COc1ccc(C2(S)C(C)CCC2(C)C)cc1. The predicted molar refractivity (Wildman–Crippen MR) is 75.8 cm³/mol. The van der Waals surface area contributed by atoms with E-state index in [4.69, 9.17) is 17.4 Å². The summed E-state index contributed by atoms with van der Waals surface area (Å²) in [7, 11) is 1.70. The zero-order chi connectivity index (χ0) is 12.7. The van der Waals surface area contributed by atoms with Crippen molar-refractivity contribution < 1.29 is 4.74 Å². The minimum atomic E-state index is -0.0285. The number of ether oxygens (including phenoxy) is 1. The Labute approximate surface area is 110 Å². The molecule has 94 valence electrons. The maximum absolute atomic E-state index is 5.22. The van der Waals surface area contributed by atoms with Crippen molar-refractivity contribution in [1.82, 2.24) is 0 Å². The Bertz CT molecular complexity index is 396. The highest BCUT2D eigenvalue weighted by molar-refractivity contribution is 7.81. The van der Waals surface area contributed by atoms with Crippen LogP contribution in [-0.4, -0.2) is 7.11 Å². The van der Waals surface area contributed by atoms with E-state index in [1.54, 1.807) is 7.11 Å². The van der Waals surface area contributed by atoms with E-state index in [1.165, 1.54) is 18.4 Å². The van der Waals surface area contributed by atoms with Crippen molar-refractivity contribution in [3.63, 3.8) is 0 Å². The molecule has 0 radical (unpaired) electrons. The van der Waals surface area contributed by atoms with Gasteiger partial charge in [-0.3, -0.25) is 0 Å². The summed E-state index contributed by atoms with van der Waals surface area (Å²) in [4.78, 5) is 0. The quantitative estimate of drug-likeness (QED) is 0.771. The molecule has 17 heavy (non-hydrogen) atoms. The third kappa shape index (κ3) is 1.87. The summed E-state index contributed by atoms with van der Waals surface area (Å²) >= 11 is 5.07. The average Bonchev–Trinajstić information content (AvgIpc) is 2.54. The van der Waals surface area contributed by atoms with E-state index in [-0.39, 0.29) is 10.2 Å². The van der Waals surface area contributed by atoms with Crippen LogP contribution in [0.2, 0.25) is 0 Å². The van der Waals surface area contributed by atoms with Crippen LogP contribution in [0.15, 0.2) is 24.3 Å². The molecule has 1 fully saturated rings. The Balaban J connectivity index is 2.42. The van der Waals surface area contributed by atoms with E-state index in [9.17, 15) is 0 Å². The Morgan fingerprint density at radius 2 is 1.82 bits per heavy atom. The number of rotatable bonds is 2. The van der Waals surface area contributed by atoms with Crippen LogP contribution in [-0.2, 0) is 4.75 Å². The Morgan fingerprint density at radius 3 is 2.24 bits per heavy atom. The van der Waals surface area contributed by atoms with Crippen LogP contribution in [0, 0.1) is 11.3 Å². The van der Waals surface area contributed by atoms with E-state index >= 15 is 0 Å². The van der Waals surface area contributed by atoms with Gasteiger partial charge in [-0.1, -0.05) is 32.9 Å². The molecule has 1 saturated carbocycles. The van der Waals surface area contributed by atoms with Crippen LogP contribution in [0.25, 0.3) is 0 Å². The lowest BCUT2D eigenvalue weighted by molar-refractivity contribution is 0.272. The highest BCUT2D eigenvalue weighted by Crippen LogP contribution is 2.59. The van der Waals surface area contributed by atoms with Gasteiger partial charge in [0.15, 0.2) is 0 Å². The van der Waals surface area contributed by atoms with E-state index in [1.807, 2.05) is 12.1 Å². The van der Waals surface area contributed by atoms with Crippen molar-refractivity contribution in [2.24, 2.45) is 11.3 Å². The van der Waals surface area contributed by atoms with Gasteiger partial charge in [-0.15, -0.1) is 0 Å². The van der Waals surface area contributed by atoms with Crippen molar-refractivity contribution in [3.8, 4) is 5.75 Å². The molecule has 0 amide bonds. The largest absolute Gasteiger partial charge is 0.497 e. The standard InChI is InChI=1S/C15H22OS/c1-11-9-10-14(2,3)15(11,17)12-5-7-13(16-4)8-6-12/h5-8,11,17H,9-10H2,1-4H3. The predicted octanol–water partition coefficient (Wildman–Crippen LogP) is 4.28. The van der Waals surface area contributed by atoms with Crippen LogP contribution in [0.1, 0.15) is 39.2 Å². The smallest absolute Gasteiger partial charge is 0.118 e. The molecule has 1 aliphatic carbocycles. The number of methoxy groups -OCH3 is 1. The molecule has 0 aromatic heterocycles. The molecule has 1 nitrogen and oxygen atoms in total. The fourth-order valence-electron chi connectivity index (χ4n) is 3.16. The van der Waals surface area contributed by atoms with Crippen LogP contribution >= 0.6 is 12.6 Å². The highest BCUT2D eigenvalue weighted by atomic mass is 32.1. The zero-order valence-electron chi connectivity index (χ0n) is 11.2. The summed E-state index contributed by atoms with van der Waals surface area (Å²) < 4.78 is 5.19. The van der Waals surface area contributed by atoms with Gasteiger partial charge in [0.1, 0.15) is 5.75 Å². The summed E-state index contributed by atoms with van der Waals surface area (Å²) in [5, 5.41) is 0. The number of thiol groups is 1. The molecular weight excluding hydrogens is 228 g/mol. The van der Waals surface area contributed by atoms with Crippen LogP contribution in [0.3, 0.4) is 0 Å². The molecule has 2 atom stereocenters. The molecule has 1 aromatic carbocycles. The van der Waals surface area contributed by atoms with Crippen molar-refractivity contribution in [2.75, 3.05) is 7.11 Å². The first kappa shape index (κ1) is 12.8. The summed E-state index contributed by atoms with van der Waals surface area (Å²) in [6.45, 7) is 6.97. The Morgan fingerprint density at radius 1 is 1.24 bits per heavy atom. The summed E-state index contributed by atoms with van der Waals surface area (Å²) in [6.07, 6.45) is 2.49. The van der Waals surface area contributed by atoms with Crippen LogP contribution < -0.4 is 4.74 Å². The summed E-state index contributed by atoms with van der Waals surface area (Å²) in [6, 6.07) is 8.40. The van der Waals surface area contributed by atoms with Crippen molar-refractivity contribution in [1.29, 1.82) is 0 Å². The number of benzene rings is 1. The van der Waals surface area contributed by atoms with E-state index < -0.39 is 0 Å². The van der Waals surface area contributed by atoms with Gasteiger partial charge in [-0.2, -0.15) is 12.6 Å². The third-order valence-electron chi connectivity index (χ3n) is 4.48. The minimum Gasteiger partial charge on any atom is -0.497 e. The maximum atomic E-state index is 5.22. The van der Waals surface area contributed by atoms with Crippen LogP contribution in [0.4, 0.5) is 0 Å². The lowest BCUT2D eigenvalue weighted by atomic mass is 9.74. The fraction of sp³-hybridized carbons (Fsp3) is 0.600. The van der Waals surface area contributed by atoms with Gasteiger partial charge in [-0.25, -0.2) is 0 Å². The topological polar surface area (TPSA) is 9.23 Å². The summed E-state index contributed by atoms with van der Waals surface area (Å²) in [5.74, 6) is 1.52. The molecule has 0 bridgehead atoms. The first-order valence-corrected chi connectivity index (χ1v) is 6.73. The first-order chi connectivity index (χ1) is 7.91. The number of hydrogen-bond donors (Lipinski definition) is 1. The third-order valence-corrected chi connectivity index (χ3v) is 5.78. The van der Waals surface area contributed by atoms with Gasteiger partial charge < -0.3 is 4.74 Å². The van der Waals surface area contributed by atoms with Gasteiger partial charge in [0.2, 0.25) is 0 Å². The molecule has 2 unspecified atom stereocenters. The van der Waals surface area contributed by atoms with Gasteiger partial charge >= 0.3 is 0 Å². The zero-order valence-corrected chi connectivity index (χ0v) is 12.1. The molecule has 1 aromatic rings. The van der Waals surface area contributed by atoms with Crippen LogP contribution in [0.5, 0.6) is 5.75 Å². The van der Waals surface area contributed by atoms with Gasteiger partial charge in [-0.05, 0) is 41.9 Å².